The Morgan fingerprint density at radius 1 is 1.05 bits per heavy atom. The van der Waals surface area contributed by atoms with Gasteiger partial charge < -0.3 is 25.1 Å². The van der Waals surface area contributed by atoms with Crippen LogP contribution in [0.1, 0.15) is 19.4 Å². The minimum atomic E-state index is -0.846. The molecule has 0 bridgehead atoms. The average Bonchev–Trinajstić information content (AvgIpc) is 2.53. The Morgan fingerprint density at radius 3 is 2.11 bits per heavy atom. The van der Waals surface area contributed by atoms with Crippen molar-refractivity contribution < 1.29 is 15.3 Å². The maximum Gasteiger partial charge on any atom is 0.208 e. The minimum absolute atomic E-state index is 0.355. The van der Waals surface area contributed by atoms with Crippen LogP contribution in [0.4, 0.5) is 11.4 Å². The lowest BCUT2D eigenvalue weighted by Gasteiger charge is -2.29. The van der Waals surface area contributed by atoms with Crippen molar-refractivity contribution in [2.24, 2.45) is 0 Å². The standard InChI is InChI=1S/C14H22N2O3/c1-9-4-5-12-13(6-9)16(8-11(3)18)14(19)15(12)7-10(2)17/h4-6,10-11,14,17-19H,7-8H2,1-3H3. The van der Waals surface area contributed by atoms with Gasteiger partial charge in [-0.15, -0.1) is 0 Å². The smallest absolute Gasteiger partial charge is 0.208 e. The topological polar surface area (TPSA) is 67.2 Å². The van der Waals surface area contributed by atoms with Gasteiger partial charge in [-0.25, -0.2) is 0 Å². The summed E-state index contributed by atoms with van der Waals surface area (Å²) in [7, 11) is 0. The summed E-state index contributed by atoms with van der Waals surface area (Å²) in [6.45, 7) is 6.09. The minimum Gasteiger partial charge on any atom is -0.392 e. The molecule has 1 aromatic rings. The quantitative estimate of drug-likeness (QED) is 0.747. The summed E-state index contributed by atoms with van der Waals surface area (Å²) >= 11 is 0. The lowest BCUT2D eigenvalue weighted by Crippen LogP contribution is -2.47. The third kappa shape index (κ3) is 2.83. The molecule has 0 saturated carbocycles. The van der Waals surface area contributed by atoms with Crippen LogP contribution in [0.3, 0.4) is 0 Å². The fourth-order valence-corrected chi connectivity index (χ4v) is 2.48. The number of β-amino-alcohol motifs (C(OH)–C–C–N with tert-alkyl or cyclic N) is 2. The second-order valence-electron chi connectivity index (χ2n) is 5.34. The van der Waals surface area contributed by atoms with Gasteiger partial charge in [-0.1, -0.05) is 6.07 Å². The molecule has 0 spiro atoms. The largest absolute Gasteiger partial charge is 0.392 e. The van der Waals surface area contributed by atoms with E-state index in [2.05, 4.69) is 0 Å². The van der Waals surface area contributed by atoms with Gasteiger partial charge in [0.2, 0.25) is 6.35 Å². The second kappa shape index (κ2) is 5.36. The molecule has 0 amide bonds. The lowest BCUT2D eigenvalue weighted by molar-refractivity contribution is 0.126. The van der Waals surface area contributed by atoms with Crippen LogP contribution in [-0.4, -0.2) is 47.0 Å². The predicted molar refractivity (Wildman–Crippen MR) is 75.2 cm³/mol. The molecule has 0 fully saturated rings. The van der Waals surface area contributed by atoms with Crippen LogP contribution in [0.15, 0.2) is 18.2 Å². The van der Waals surface area contributed by atoms with Gasteiger partial charge in [-0.3, -0.25) is 0 Å². The van der Waals surface area contributed by atoms with Crippen LogP contribution >= 0.6 is 0 Å². The molecule has 5 heteroatoms. The molecule has 1 aromatic carbocycles. The fraction of sp³-hybridized carbons (Fsp3) is 0.571. The van der Waals surface area contributed by atoms with Crippen LogP contribution in [-0.2, 0) is 0 Å². The van der Waals surface area contributed by atoms with E-state index in [1.165, 1.54) is 0 Å². The summed E-state index contributed by atoms with van der Waals surface area (Å²) in [5.41, 5.74) is 2.88. The first-order valence-electron chi connectivity index (χ1n) is 6.58. The zero-order valence-corrected chi connectivity index (χ0v) is 11.6. The van der Waals surface area contributed by atoms with E-state index in [0.717, 1.165) is 16.9 Å². The molecule has 3 atom stereocenters. The SMILES string of the molecule is Cc1ccc2c(c1)N(CC(C)O)C(O)N2CC(C)O. The molecule has 0 saturated heterocycles. The molecule has 5 nitrogen and oxygen atoms in total. The molecule has 0 aromatic heterocycles. The van der Waals surface area contributed by atoms with Crippen molar-refractivity contribution in [3.05, 3.63) is 23.8 Å². The first-order chi connectivity index (χ1) is 8.90. The Morgan fingerprint density at radius 2 is 1.58 bits per heavy atom. The number of hydrogen-bond donors (Lipinski definition) is 3. The molecule has 1 aliphatic rings. The Hall–Kier alpha value is -1.30. The van der Waals surface area contributed by atoms with Crippen molar-refractivity contribution in [3.63, 3.8) is 0 Å². The van der Waals surface area contributed by atoms with Crippen molar-refractivity contribution in [2.45, 2.75) is 39.3 Å². The Balaban J connectivity index is 2.36. The Bertz CT molecular complexity index is 448. The van der Waals surface area contributed by atoms with Crippen molar-refractivity contribution in [1.29, 1.82) is 0 Å². The monoisotopic (exact) mass is 266 g/mol. The zero-order chi connectivity index (χ0) is 14.2. The zero-order valence-electron chi connectivity index (χ0n) is 11.6. The maximum atomic E-state index is 10.4. The molecule has 0 aliphatic carbocycles. The van der Waals surface area contributed by atoms with E-state index in [-0.39, 0.29) is 0 Å². The number of aryl methyl sites for hydroxylation is 1. The highest BCUT2D eigenvalue weighted by Gasteiger charge is 2.35. The number of fused-ring (bicyclic) bond motifs is 1. The van der Waals surface area contributed by atoms with Crippen LogP contribution in [0, 0.1) is 6.92 Å². The molecular weight excluding hydrogens is 244 g/mol. The molecule has 1 heterocycles. The number of aliphatic hydroxyl groups is 3. The van der Waals surface area contributed by atoms with Crippen LogP contribution in [0.5, 0.6) is 0 Å². The molecule has 2 rings (SSSR count). The summed E-state index contributed by atoms with van der Waals surface area (Å²) in [6, 6.07) is 5.91. The van der Waals surface area contributed by atoms with E-state index in [9.17, 15) is 15.3 Å². The van der Waals surface area contributed by atoms with Crippen LogP contribution < -0.4 is 9.80 Å². The van der Waals surface area contributed by atoms with Gasteiger partial charge in [0.15, 0.2) is 0 Å². The Kier molecular flexibility index (Phi) is 3.99. The van der Waals surface area contributed by atoms with Crippen LogP contribution in [0.25, 0.3) is 0 Å². The van der Waals surface area contributed by atoms with Crippen molar-refractivity contribution in [3.8, 4) is 0 Å². The lowest BCUT2D eigenvalue weighted by atomic mass is 10.2. The molecule has 0 radical (unpaired) electrons. The summed E-state index contributed by atoms with van der Waals surface area (Å²) in [4.78, 5) is 3.51. The predicted octanol–water partition coefficient (Wildman–Crippen LogP) is 0.659. The third-order valence-corrected chi connectivity index (χ3v) is 3.23. The van der Waals surface area contributed by atoms with Gasteiger partial charge in [-0.2, -0.15) is 0 Å². The van der Waals surface area contributed by atoms with Gasteiger partial charge >= 0.3 is 0 Å². The molecule has 106 valence electrons. The molecular formula is C14H22N2O3. The summed E-state index contributed by atoms with van der Waals surface area (Å²) in [5.74, 6) is 0. The molecule has 3 N–H and O–H groups in total. The van der Waals surface area contributed by atoms with Crippen molar-refractivity contribution >= 4 is 11.4 Å². The number of hydrogen-bond acceptors (Lipinski definition) is 5. The second-order valence-corrected chi connectivity index (χ2v) is 5.34. The summed E-state index contributed by atoms with van der Waals surface area (Å²) in [5, 5.41) is 29.5. The van der Waals surface area contributed by atoms with E-state index in [1.807, 2.05) is 25.1 Å². The van der Waals surface area contributed by atoms with Gasteiger partial charge in [0.1, 0.15) is 0 Å². The number of rotatable bonds is 4. The molecule has 1 aliphatic heterocycles. The number of benzene rings is 1. The number of nitrogens with zero attached hydrogens (tertiary/aromatic N) is 2. The van der Waals surface area contributed by atoms with E-state index in [4.69, 9.17) is 0 Å². The van der Waals surface area contributed by atoms with E-state index in [0.29, 0.717) is 13.1 Å². The normalized spacial score (nSPS) is 21.5. The first kappa shape index (κ1) is 14.1. The van der Waals surface area contributed by atoms with Crippen molar-refractivity contribution in [1.82, 2.24) is 0 Å². The molecule has 3 unspecified atom stereocenters. The highest BCUT2D eigenvalue weighted by molar-refractivity contribution is 5.77. The van der Waals surface area contributed by atoms with Gasteiger partial charge in [-0.05, 0) is 38.5 Å². The van der Waals surface area contributed by atoms with Gasteiger partial charge in [0.25, 0.3) is 0 Å². The highest BCUT2D eigenvalue weighted by atomic mass is 16.3. The number of aliphatic hydroxyl groups excluding tert-OH is 3. The van der Waals surface area contributed by atoms with Gasteiger partial charge in [0.05, 0.1) is 23.6 Å². The van der Waals surface area contributed by atoms with E-state index >= 15 is 0 Å². The first-order valence-corrected chi connectivity index (χ1v) is 6.58. The molecule has 19 heavy (non-hydrogen) atoms. The highest BCUT2D eigenvalue weighted by Crippen LogP contribution is 2.39. The summed E-state index contributed by atoms with van der Waals surface area (Å²) in [6.07, 6.45) is -1.91. The van der Waals surface area contributed by atoms with Gasteiger partial charge in [0, 0.05) is 13.1 Å². The number of anilines is 2. The average molecular weight is 266 g/mol. The summed E-state index contributed by atoms with van der Waals surface area (Å²) < 4.78 is 0. The maximum absolute atomic E-state index is 10.4. The fourth-order valence-electron chi connectivity index (χ4n) is 2.48. The van der Waals surface area contributed by atoms with E-state index < -0.39 is 18.6 Å². The van der Waals surface area contributed by atoms with E-state index in [1.54, 1.807) is 23.6 Å². The van der Waals surface area contributed by atoms with Crippen molar-refractivity contribution in [2.75, 3.05) is 22.9 Å². The Labute approximate surface area is 113 Å². The van der Waals surface area contributed by atoms with Crippen LogP contribution in [0.2, 0.25) is 0 Å². The third-order valence-electron chi connectivity index (χ3n) is 3.23.